The van der Waals surface area contributed by atoms with Gasteiger partial charge in [0.2, 0.25) is 0 Å². The third kappa shape index (κ3) is 2.72. The van der Waals surface area contributed by atoms with Crippen molar-refractivity contribution in [2.24, 2.45) is 11.8 Å². The van der Waals surface area contributed by atoms with Crippen LogP contribution in [0.1, 0.15) is 43.1 Å². The van der Waals surface area contributed by atoms with Crippen molar-refractivity contribution in [2.45, 2.75) is 40.2 Å². The normalized spacial score (nSPS) is 27.4. The molecule has 1 fully saturated rings. The van der Waals surface area contributed by atoms with Crippen molar-refractivity contribution < 1.29 is 9.90 Å². The minimum atomic E-state index is -0.921. The highest BCUT2D eigenvalue weighted by Gasteiger charge is 2.30. The molecule has 1 aliphatic rings. The van der Waals surface area contributed by atoms with E-state index in [9.17, 15) is 4.79 Å². The van der Waals surface area contributed by atoms with Gasteiger partial charge in [0.1, 0.15) is 5.82 Å². The SMILES string of the molecule is Cc1cc(C(=O)O)cnc1N1CC(C)CC(C)C1C. The minimum absolute atomic E-state index is 0.256. The fraction of sp³-hybridized carbons (Fsp3) is 0.600. The quantitative estimate of drug-likeness (QED) is 0.890. The number of rotatable bonds is 2. The van der Waals surface area contributed by atoms with E-state index >= 15 is 0 Å². The predicted octanol–water partition coefficient (Wildman–Crippen LogP) is 2.96. The Morgan fingerprint density at radius 3 is 2.68 bits per heavy atom. The smallest absolute Gasteiger partial charge is 0.337 e. The second-order valence-electron chi connectivity index (χ2n) is 5.88. The third-order valence-corrected chi connectivity index (χ3v) is 4.17. The van der Waals surface area contributed by atoms with Crippen LogP contribution in [0.5, 0.6) is 0 Å². The zero-order chi connectivity index (χ0) is 14.2. The van der Waals surface area contributed by atoms with Gasteiger partial charge in [-0.2, -0.15) is 0 Å². The number of aryl methyl sites for hydroxylation is 1. The molecule has 4 nitrogen and oxygen atoms in total. The molecular formula is C15H22N2O2. The largest absolute Gasteiger partial charge is 0.478 e. The van der Waals surface area contributed by atoms with Gasteiger partial charge in [-0.15, -0.1) is 0 Å². The first-order chi connectivity index (χ1) is 8.90. The van der Waals surface area contributed by atoms with Gasteiger partial charge in [0.15, 0.2) is 0 Å². The molecule has 0 spiro atoms. The number of carboxylic acid groups (broad SMARTS) is 1. The second kappa shape index (κ2) is 5.19. The van der Waals surface area contributed by atoms with Crippen molar-refractivity contribution in [1.29, 1.82) is 0 Å². The molecule has 0 amide bonds. The molecule has 2 heterocycles. The first kappa shape index (κ1) is 13.8. The van der Waals surface area contributed by atoms with Crippen LogP contribution in [-0.4, -0.2) is 28.6 Å². The van der Waals surface area contributed by atoms with E-state index in [1.807, 2.05) is 6.92 Å². The lowest BCUT2D eigenvalue weighted by Crippen LogP contribution is -2.46. The molecule has 2 rings (SSSR count). The Morgan fingerprint density at radius 2 is 2.11 bits per heavy atom. The van der Waals surface area contributed by atoms with Crippen molar-refractivity contribution in [1.82, 2.24) is 4.98 Å². The van der Waals surface area contributed by atoms with Crippen LogP contribution in [-0.2, 0) is 0 Å². The van der Waals surface area contributed by atoms with E-state index in [0.717, 1.165) is 17.9 Å². The number of nitrogens with zero attached hydrogens (tertiary/aromatic N) is 2. The Kier molecular flexibility index (Phi) is 3.78. The molecule has 0 bridgehead atoms. The number of pyridine rings is 1. The number of aromatic nitrogens is 1. The Balaban J connectivity index is 2.32. The summed E-state index contributed by atoms with van der Waals surface area (Å²) in [6, 6.07) is 2.15. The van der Waals surface area contributed by atoms with Gasteiger partial charge >= 0.3 is 5.97 Å². The summed E-state index contributed by atoms with van der Waals surface area (Å²) in [5, 5.41) is 8.99. The van der Waals surface area contributed by atoms with Crippen molar-refractivity contribution >= 4 is 11.8 Å². The van der Waals surface area contributed by atoms with Crippen molar-refractivity contribution in [3.8, 4) is 0 Å². The van der Waals surface area contributed by atoms with Gasteiger partial charge in [0, 0.05) is 18.8 Å². The zero-order valence-electron chi connectivity index (χ0n) is 12.1. The lowest BCUT2D eigenvalue weighted by Gasteiger charge is -2.42. The average Bonchev–Trinajstić information content (AvgIpc) is 2.33. The van der Waals surface area contributed by atoms with E-state index in [4.69, 9.17) is 5.11 Å². The van der Waals surface area contributed by atoms with Crippen LogP contribution < -0.4 is 4.90 Å². The third-order valence-electron chi connectivity index (χ3n) is 4.17. The summed E-state index contributed by atoms with van der Waals surface area (Å²) in [6.45, 7) is 9.69. The Bertz CT molecular complexity index is 487. The minimum Gasteiger partial charge on any atom is -0.478 e. The summed E-state index contributed by atoms with van der Waals surface area (Å²) in [4.78, 5) is 17.7. The molecule has 1 aliphatic heterocycles. The molecule has 0 aromatic carbocycles. The van der Waals surface area contributed by atoms with Gasteiger partial charge < -0.3 is 10.0 Å². The first-order valence-electron chi connectivity index (χ1n) is 6.86. The predicted molar refractivity (Wildman–Crippen MR) is 75.7 cm³/mol. The Labute approximate surface area is 114 Å². The summed E-state index contributed by atoms with van der Waals surface area (Å²) < 4.78 is 0. The molecule has 104 valence electrons. The number of carbonyl (C=O) groups is 1. The van der Waals surface area contributed by atoms with Gasteiger partial charge in [-0.1, -0.05) is 13.8 Å². The number of hydrogen-bond acceptors (Lipinski definition) is 3. The van der Waals surface area contributed by atoms with Crippen LogP contribution in [0, 0.1) is 18.8 Å². The zero-order valence-corrected chi connectivity index (χ0v) is 12.1. The highest BCUT2D eigenvalue weighted by molar-refractivity contribution is 5.87. The molecule has 3 atom stereocenters. The average molecular weight is 262 g/mol. The fourth-order valence-corrected chi connectivity index (χ4v) is 2.98. The molecule has 3 unspecified atom stereocenters. The summed E-state index contributed by atoms with van der Waals surface area (Å²) in [5.74, 6) is 1.28. The summed E-state index contributed by atoms with van der Waals surface area (Å²) in [7, 11) is 0. The van der Waals surface area contributed by atoms with Crippen molar-refractivity contribution in [3.63, 3.8) is 0 Å². The maximum absolute atomic E-state index is 11.0. The van der Waals surface area contributed by atoms with E-state index in [1.165, 1.54) is 12.6 Å². The summed E-state index contributed by atoms with van der Waals surface area (Å²) >= 11 is 0. The van der Waals surface area contributed by atoms with Crippen LogP contribution >= 0.6 is 0 Å². The lowest BCUT2D eigenvalue weighted by atomic mass is 9.86. The van der Waals surface area contributed by atoms with Crippen molar-refractivity contribution in [2.75, 3.05) is 11.4 Å². The van der Waals surface area contributed by atoms with E-state index in [2.05, 4.69) is 30.7 Å². The maximum Gasteiger partial charge on any atom is 0.337 e. The molecule has 0 aliphatic carbocycles. The lowest BCUT2D eigenvalue weighted by molar-refractivity contribution is 0.0696. The van der Waals surface area contributed by atoms with Gasteiger partial charge in [0.25, 0.3) is 0 Å². The first-order valence-corrected chi connectivity index (χ1v) is 6.86. The molecule has 1 aromatic heterocycles. The van der Waals surface area contributed by atoms with Gasteiger partial charge in [0.05, 0.1) is 5.56 Å². The monoisotopic (exact) mass is 262 g/mol. The number of piperidine rings is 1. The van der Waals surface area contributed by atoms with Crippen LogP contribution in [0.3, 0.4) is 0 Å². The van der Waals surface area contributed by atoms with Crippen LogP contribution in [0.15, 0.2) is 12.3 Å². The summed E-state index contributed by atoms with van der Waals surface area (Å²) in [5.41, 5.74) is 1.19. The van der Waals surface area contributed by atoms with Gasteiger partial charge in [-0.05, 0) is 43.7 Å². The van der Waals surface area contributed by atoms with Crippen molar-refractivity contribution in [3.05, 3.63) is 23.4 Å². The Hall–Kier alpha value is -1.58. The maximum atomic E-state index is 11.0. The molecule has 19 heavy (non-hydrogen) atoms. The van der Waals surface area contributed by atoms with Crippen LogP contribution in [0.2, 0.25) is 0 Å². The number of hydrogen-bond donors (Lipinski definition) is 1. The second-order valence-corrected chi connectivity index (χ2v) is 5.88. The molecule has 1 aromatic rings. The molecule has 4 heteroatoms. The summed E-state index contributed by atoms with van der Waals surface area (Å²) in [6.07, 6.45) is 2.70. The highest BCUT2D eigenvalue weighted by Crippen LogP contribution is 2.31. The van der Waals surface area contributed by atoms with E-state index < -0.39 is 5.97 Å². The fourth-order valence-electron chi connectivity index (χ4n) is 2.98. The molecule has 0 saturated carbocycles. The molecular weight excluding hydrogens is 240 g/mol. The molecule has 1 saturated heterocycles. The van der Waals surface area contributed by atoms with E-state index in [0.29, 0.717) is 17.9 Å². The van der Waals surface area contributed by atoms with E-state index in [1.54, 1.807) is 6.07 Å². The number of anilines is 1. The van der Waals surface area contributed by atoms with E-state index in [-0.39, 0.29) is 5.56 Å². The molecule has 0 radical (unpaired) electrons. The Morgan fingerprint density at radius 1 is 1.42 bits per heavy atom. The van der Waals surface area contributed by atoms with Gasteiger partial charge in [-0.25, -0.2) is 9.78 Å². The van der Waals surface area contributed by atoms with Crippen LogP contribution in [0.4, 0.5) is 5.82 Å². The highest BCUT2D eigenvalue weighted by atomic mass is 16.4. The van der Waals surface area contributed by atoms with Gasteiger partial charge in [-0.3, -0.25) is 0 Å². The number of carboxylic acids is 1. The standard InChI is InChI=1S/C15H22N2O2/c1-9-5-10(2)12(4)17(8-9)14-11(3)6-13(7-16-14)15(18)19/h6-7,9-10,12H,5,8H2,1-4H3,(H,18,19). The molecule has 1 N–H and O–H groups in total. The topological polar surface area (TPSA) is 53.4 Å². The number of aromatic carboxylic acids is 1. The van der Waals surface area contributed by atoms with Crippen LogP contribution in [0.25, 0.3) is 0 Å².